The fourth-order valence-electron chi connectivity index (χ4n) is 1.94. The van der Waals surface area contributed by atoms with Gasteiger partial charge in [-0.15, -0.1) is 0 Å². The Hall–Kier alpha value is -2.09. The van der Waals surface area contributed by atoms with Crippen molar-refractivity contribution in [2.75, 3.05) is 5.32 Å². The van der Waals surface area contributed by atoms with Gasteiger partial charge in [0.1, 0.15) is 0 Å². The molecule has 2 rings (SSSR count). The van der Waals surface area contributed by atoms with E-state index in [1.807, 2.05) is 37.3 Å². The molecule has 98 valence electrons. The maximum absolute atomic E-state index is 12.0. The summed E-state index contributed by atoms with van der Waals surface area (Å²) in [5.41, 5.74) is 5.56. The van der Waals surface area contributed by atoms with E-state index in [4.69, 9.17) is 0 Å². The molecule has 0 aliphatic heterocycles. The molecule has 19 heavy (non-hydrogen) atoms. The molecule has 2 aromatic carbocycles. The van der Waals surface area contributed by atoms with Crippen LogP contribution in [-0.2, 0) is 11.2 Å². The molecule has 0 unspecified atom stereocenters. The fourth-order valence-corrected chi connectivity index (χ4v) is 1.94. The summed E-state index contributed by atoms with van der Waals surface area (Å²) in [5, 5.41) is 2.91. The second-order valence-corrected chi connectivity index (χ2v) is 5.01. The molecule has 0 aliphatic carbocycles. The van der Waals surface area contributed by atoms with Gasteiger partial charge in [0.15, 0.2) is 0 Å². The minimum absolute atomic E-state index is 0.0205. The first-order valence-corrected chi connectivity index (χ1v) is 6.47. The molecule has 2 heteroatoms. The molecule has 0 bridgehead atoms. The zero-order valence-corrected chi connectivity index (χ0v) is 11.7. The van der Waals surface area contributed by atoms with Crippen LogP contribution < -0.4 is 5.32 Å². The van der Waals surface area contributed by atoms with Gasteiger partial charge < -0.3 is 5.32 Å². The maximum Gasteiger partial charge on any atom is 0.228 e. The van der Waals surface area contributed by atoms with Gasteiger partial charge in [0, 0.05) is 5.69 Å². The lowest BCUT2D eigenvalue weighted by Gasteiger charge is -2.07. The van der Waals surface area contributed by atoms with E-state index >= 15 is 0 Å². The zero-order valence-electron chi connectivity index (χ0n) is 11.7. The first-order valence-electron chi connectivity index (χ1n) is 6.47. The molecule has 0 atom stereocenters. The predicted octanol–water partition coefficient (Wildman–Crippen LogP) is 3.79. The lowest BCUT2D eigenvalue weighted by atomic mass is 10.0. The maximum atomic E-state index is 12.0. The number of anilines is 1. The van der Waals surface area contributed by atoms with Crippen molar-refractivity contribution >= 4 is 11.6 Å². The van der Waals surface area contributed by atoms with E-state index in [-0.39, 0.29) is 5.91 Å². The lowest BCUT2D eigenvalue weighted by Crippen LogP contribution is -2.14. The normalized spacial score (nSPS) is 10.3. The molecule has 0 aliphatic rings. The summed E-state index contributed by atoms with van der Waals surface area (Å²) in [5.74, 6) is 0.0205. The topological polar surface area (TPSA) is 29.1 Å². The van der Waals surface area contributed by atoms with Crippen LogP contribution in [0, 0.1) is 20.8 Å². The summed E-state index contributed by atoms with van der Waals surface area (Å²) in [7, 11) is 0. The Labute approximate surface area is 114 Å². The highest BCUT2D eigenvalue weighted by Crippen LogP contribution is 2.12. The molecule has 0 fully saturated rings. The molecule has 0 heterocycles. The van der Waals surface area contributed by atoms with Crippen LogP contribution in [-0.4, -0.2) is 5.91 Å². The number of carbonyl (C=O) groups excluding carboxylic acids is 1. The zero-order chi connectivity index (χ0) is 13.8. The highest BCUT2D eigenvalue weighted by atomic mass is 16.1. The summed E-state index contributed by atoms with van der Waals surface area (Å²) in [4.78, 5) is 12.0. The average molecular weight is 253 g/mol. The molecule has 2 aromatic rings. The summed E-state index contributed by atoms with van der Waals surface area (Å²) >= 11 is 0. The van der Waals surface area contributed by atoms with Gasteiger partial charge >= 0.3 is 0 Å². The number of nitrogens with one attached hydrogen (secondary N) is 1. The SMILES string of the molecule is Cc1ccc(NC(=O)Cc2ccc(C)c(C)c2)cc1. The van der Waals surface area contributed by atoms with Crippen LogP contribution in [0.15, 0.2) is 42.5 Å². The van der Waals surface area contributed by atoms with Gasteiger partial charge in [-0.1, -0.05) is 35.9 Å². The predicted molar refractivity (Wildman–Crippen MR) is 79.4 cm³/mol. The Balaban J connectivity index is 2.01. The van der Waals surface area contributed by atoms with Crippen LogP contribution in [0.4, 0.5) is 5.69 Å². The molecule has 1 amide bonds. The van der Waals surface area contributed by atoms with Gasteiger partial charge in [0.25, 0.3) is 0 Å². The van der Waals surface area contributed by atoms with Crippen LogP contribution in [0.2, 0.25) is 0 Å². The Morgan fingerprint density at radius 3 is 2.26 bits per heavy atom. The monoisotopic (exact) mass is 253 g/mol. The van der Waals surface area contributed by atoms with Crippen molar-refractivity contribution in [1.29, 1.82) is 0 Å². The van der Waals surface area contributed by atoms with Crippen molar-refractivity contribution in [3.05, 3.63) is 64.7 Å². The number of amides is 1. The molecular weight excluding hydrogens is 234 g/mol. The highest BCUT2D eigenvalue weighted by Gasteiger charge is 2.05. The molecule has 0 radical (unpaired) electrons. The van der Waals surface area contributed by atoms with Crippen molar-refractivity contribution in [3.63, 3.8) is 0 Å². The lowest BCUT2D eigenvalue weighted by molar-refractivity contribution is -0.115. The van der Waals surface area contributed by atoms with E-state index in [9.17, 15) is 4.79 Å². The van der Waals surface area contributed by atoms with E-state index in [2.05, 4.69) is 31.3 Å². The highest BCUT2D eigenvalue weighted by molar-refractivity contribution is 5.92. The molecule has 0 saturated carbocycles. The number of carbonyl (C=O) groups is 1. The first kappa shape index (κ1) is 13.3. The van der Waals surface area contributed by atoms with Gasteiger partial charge in [0.05, 0.1) is 6.42 Å². The van der Waals surface area contributed by atoms with Gasteiger partial charge in [-0.25, -0.2) is 0 Å². The van der Waals surface area contributed by atoms with Crippen molar-refractivity contribution in [2.45, 2.75) is 27.2 Å². The third kappa shape index (κ3) is 3.68. The number of aryl methyl sites for hydroxylation is 3. The third-order valence-corrected chi connectivity index (χ3v) is 3.27. The second kappa shape index (κ2) is 5.70. The van der Waals surface area contributed by atoms with Gasteiger partial charge in [0.2, 0.25) is 5.91 Å². The molecule has 0 aromatic heterocycles. The summed E-state index contributed by atoms with van der Waals surface area (Å²) in [6, 6.07) is 14.0. The van der Waals surface area contributed by atoms with Crippen molar-refractivity contribution in [1.82, 2.24) is 0 Å². The first-order chi connectivity index (χ1) is 9.04. The van der Waals surface area contributed by atoms with E-state index in [0.717, 1.165) is 11.3 Å². The van der Waals surface area contributed by atoms with Crippen LogP contribution >= 0.6 is 0 Å². The van der Waals surface area contributed by atoms with Crippen LogP contribution in [0.3, 0.4) is 0 Å². The molecule has 0 saturated heterocycles. The average Bonchev–Trinajstić information content (AvgIpc) is 2.37. The number of hydrogen-bond donors (Lipinski definition) is 1. The Morgan fingerprint density at radius 2 is 1.63 bits per heavy atom. The Bertz CT molecular complexity index is 585. The van der Waals surface area contributed by atoms with Crippen molar-refractivity contribution in [3.8, 4) is 0 Å². The van der Waals surface area contributed by atoms with Crippen molar-refractivity contribution in [2.24, 2.45) is 0 Å². The molecule has 2 nitrogen and oxygen atoms in total. The number of hydrogen-bond acceptors (Lipinski definition) is 1. The van der Waals surface area contributed by atoms with E-state index in [0.29, 0.717) is 6.42 Å². The van der Waals surface area contributed by atoms with Crippen LogP contribution in [0.1, 0.15) is 22.3 Å². The number of rotatable bonds is 3. The quantitative estimate of drug-likeness (QED) is 0.885. The number of benzene rings is 2. The minimum atomic E-state index is 0.0205. The van der Waals surface area contributed by atoms with Gasteiger partial charge in [-0.3, -0.25) is 4.79 Å². The summed E-state index contributed by atoms with van der Waals surface area (Å²) in [6.07, 6.45) is 0.412. The van der Waals surface area contributed by atoms with E-state index in [1.165, 1.54) is 16.7 Å². The molecule has 0 spiro atoms. The third-order valence-electron chi connectivity index (χ3n) is 3.27. The Morgan fingerprint density at radius 1 is 0.947 bits per heavy atom. The van der Waals surface area contributed by atoms with E-state index < -0.39 is 0 Å². The summed E-state index contributed by atoms with van der Waals surface area (Å²) < 4.78 is 0. The van der Waals surface area contributed by atoms with Crippen molar-refractivity contribution < 1.29 is 4.79 Å². The minimum Gasteiger partial charge on any atom is -0.326 e. The fraction of sp³-hybridized carbons (Fsp3) is 0.235. The smallest absolute Gasteiger partial charge is 0.228 e. The molecule has 1 N–H and O–H groups in total. The Kier molecular flexibility index (Phi) is 4.00. The second-order valence-electron chi connectivity index (χ2n) is 5.01. The van der Waals surface area contributed by atoms with E-state index in [1.54, 1.807) is 0 Å². The van der Waals surface area contributed by atoms with Gasteiger partial charge in [-0.2, -0.15) is 0 Å². The molecular formula is C17H19NO. The standard InChI is InChI=1S/C17H19NO/c1-12-4-8-16(9-5-12)18-17(19)11-15-7-6-13(2)14(3)10-15/h4-10H,11H2,1-3H3,(H,18,19). The van der Waals surface area contributed by atoms with Gasteiger partial charge in [-0.05, 0) is 49.6 Å². The largest absolute Gasteiger partial charge is 0.326 e. The van der Waals surface area contributed by atoms with Crippen LogP contribution in [0.5, 0.6) is 0 Å². The van der Waals surface area contributed by atoms with Crippen LogP contribution in [0.25, 0.3) is 0 Å². The summed E-state index contributed by atoms with van der Waals surface area (Å²) in [6.45, 7) is 6.17.